The van der Waals surface area contributed by atoms with Crippen LogP contribution < -0.4 is 28.4 Å². The van der Waals surface area contributed by atoms with Crippen LogP contribution in [0.3, 0.4) is 0 Å². The number of hydrogen-bond acceptors (Lipinski definition) is 9. The van der Waals surface area contributed by atoms with Gasteiger partial charge in [0.05, 0.1) is 0 Å². The molecule has 0 saturated heterocycles. The predicted molar refractivity (Wildman–Crippen MR) is 222 cm³/mol. The molecule has 396 valence electrons. The van der Waals surface area contributed by atoms with Crippen LogP contribution in [0.15, 0.2) is 164 Å². The van der Waals surface area contributed by atoms with Gasteiger partial charge >= 0.3 is 53.9 Å². The summed E-state index contributed by atoms with van der Waals surface area (Å²) >= 11 is 0. The fourth-order valence-electron chi connectivity index (χ4n) is 6.36. The summed E-state index contributed by atoms with van der Waals surface area (Å²) in [7, 11) is 0. The molecule has 0 N–H and O–H groups in total. The first-order chi connectivity index (χ1) is 34.9. The lowest BCUT2D eigenvalue weighted by Gasteiger charge is -2.37. The number of rotatable bonds is 18. The Morgan fingerprint density at radius 3 is 0.587 bits per heavy atom. The number of para-hydroxylation sites is 3. The van der Waals surface area contributed by atoms with E-state index in [1.165, 1.54) is 91.0 Å². The van der Waals surface area contributed by atoms with Crippen LogP contribution in [-0.4, -0.2) is 51.8 Å². The molecule has 7 rings (SSSR count). The number of halogens is 18. The molecule has 3 unspecified atom stereocenters. The van der Waals surface area contributed by atoms with Crippen LogP contribution in [-0.2, 0) is 17.0 Å². The standard InChI is InChI=1S/C48H27F18N3O6/c49-40(43(52,53)54,46(61,62)73-34-22-16-31(17-23-34)70-28-10-4-1-5-11-28)37-67-38(41(50,44(55,56)57)47(63,64)74-35-24-18-32(19-25-35)71-29-12-6-2-7-13-29)69-39(68-37)42(51,45(58,59)60)48(65,66)75-36-26-20-33(21-27-36)72-30-14-8-3-9-15-30/h1-27H. The zero-order chi connectivity index (χ0) is 54.9. The molecular weight excluding hydrogens is 1060 g/mol. The monoisotopic (exact) mass is 1080 g/mol. The van der Waals surface area contributed by atoms with Crippen molar-refractivity contribution in [1.82, 2.24) is 15.0 Å². The summed E-state index contributed by atoms with van der Waals surface area (Å²) in [6.07, 6.45) is -43.4. The number of aromatic nitrogens is 3. The highest BCUT2D eigenvalue weighted by molar-refractivity contribution is 5.39. The number of nitrogens with zero attached hydrogens (tertiary/aromatic N) is 3. The number of ether oxygens (including phenoxy) is 6. The Morgan fingerprint density at radius 1 is 0.227 bits per heavy atom. The molecule has 0 radical (unpaired) electrons. The predicted octanol–water partition coefficient (Wildman–Crippen LogP) is 15.4. The summed E-state index contributed by atoms with van der Waals surface area (Å²) in [5.41, 5.74) is -21.8. The second-order valence-electron chi connectivity index (χ2n) is 15.3. The van der Waals surface area contributed by atoms with E-state index in [2.05, 4.69) is 14.2 Å². The van der Waals surface area contributed by atoms with Crippen LogP contribution in [0.1, 0.15) is 17.5 Å². The third kappa shape index (κ3) is 10.9. The third-order valence-electron chi connectivity index (χ3n) is 10.1. The van der Waals surface area contributed by atoms with Gasteiger partial charge in [-0.1, -0.05) is 54.6 Å². The molecule has 1 aromatic heterocycles. The van der Waals surface area contributed by atoms with Crippen molar-refractivity contribution < 1.29 is 107 Å². The zero-order valence-corrected chi connectivity index (χ0v) is 36.7. The first-order valence-corrected chi connectivity index (χ1v) is 20.6. The Bertz CT molecular complexity index is 2690. The molecule has 0 saturated carbocycles. The Kier molecular flexibility index (Phi) is 14.5. The summed E-state index contributed by atoms with van der Waals surface area (Å²) in [6, 6.07) is 27.6. The molecule has 0 aliphatic carbocycles. The average molecular weight is 1080 g/mol. The molecular formula is C48H27F18N3O6. The van der Waals surface area contributed by atoms with Crippen molar-refractivity contribution in [3.05, 3.63) is 181 Å². The Balaban J connectivity index is 1.38. The third-order valence-corrected chi connectivity index (χ3v) is 10.1. The second kappa shape index (κ2) is 20.0. The normalized spacial score (nSPS) is 15.1. The first kappa shape index (κ1) is 54.6. The summed E-state index contributed by atoms with van der Waals surface area (Å²) in [5, 5.41) is 0. The highest BCUT2D eigenvalue weighted by Crippen LogP contribution is 2.58. The Morgan fingerprint density at radius 2 is 0.400 bits per heavy atom. The van der Waals surface area contributed by atoms with Crippen LogP contribution in [0.4, 0.5) is 79.0 Å². The van der Waals surface area contributed by atoms with Crippen LogP contribution in [0.5, 0.6) is 51.7 Å². The SMILES string of the molecule is FC(F)(F)C(F)(c1nc(C(F)(C(F)(F)F)C(F)(F)Oc2ccc(Oc3ccccc3)cc2)nc(C(F)(C(F)(F)F)C(F)(F)Oc2ccc(Oc3ccccc3)cc2)n1)C(F)(F)Oc1ccc(Oc2ccccc2)cc1. The smallest absolute Gasteiger partial charge is 0.450 e. The quantitative estimate of drug-likeness (QED) is 0.0779. The minimum absolute atomic E-state index is 0.0769. The van der Waals surface area contributed by atoms with Gasteiger partial charge in [-0.15, -0.1) is 0 Å². The molecule has 0 spiro atoms. The van der Waals surface area contributed by atoms with Crippen molar-refractivity contribution in [3.8, 4) is 51.7 Å². The highest BCUT2D eigenvalue weighted by atomic mass is 19.4. The van der Waals surface area contributed by atoms with Crippen LogP contribution >= 0.6 is 0 Å². The van der Waals surface area contributed by atoms with Gasteiger partial charge < -0.3 is 28.4 Å². The lowest BCUT2D eigenvalue weighted by molar-refractivity contribution is -0.373. The van der Waals surface area contributed by atoms with Crippen molar-refractivity contribution in [1.29, 1.82) is 0 Å². The molecule has 0 fully saturated rings. The summed E-state index contributed by atoms with van der Waals surface area (Å²) in [4.78, 5) is 5.54. The van der Waals surface area contributed by atoms with E-state index < -0.39 is 88.6 Å². The van der Waals surface area contributed by atoms with Gasteiger partial charge in [-0.25, -0.2) is 28.1 Å². The number of hydrogen-bond donors (Lipinski definition) is 0. The molecule has 7 aromatic rings. The van der Waals surface area contributed by atoms with Crippen LogP contribution in [0.25, 0.3) is 0 Å². The minimum atomic E-state index is -7.58. The number of benzene rings is 6. The lowest BCUT2D eigenvalue weighted by Crippen LogP contribution is -2.61. The van der Waals surface area contributed by atoms with Gasteiger partial charge in [0.1, 0.15) is 51.7 Å². The molecule has 0 aliphatic heterocycles. The molecule has 9 nitrogen and oxygen atoms in total. The molecule has 6 aromatic carbocycles. The van der Waals surface area contributed by atoms with Gasteiger partial charge in [-0.3, -0.25) is 0 Å². The maximum atomic E-state index is 16.8. The lowest BCUT2D eigenvalue weighted by atomic mass is 9.97. The van der Waals surface area contributed by atoms with E-state index in [0.29, 0.717) is 72.8 Å². The molecule has 1 heterocycles. The Hall–Kier alpha value is -8.13. The van der Waals surface area contributed by atoms with Gasteiger partial charge in [0, 0.05) is 0 Å². The molecule has 0 aliphatic rings. The molecule has 27 heteroatoms. The van der Waals surface area contributed by atoms with E-state index in [0.717, 1.165) is 0 Å². The van der Waals surface area contributed by atoms with Gasteiger partial charge in [-0.05, 0) is 109 Å². The van der Waals surface area contributed by atoms with Crippen LogP contribution in [0.2, 0.25) is 0 Å². The summed E-state index contributed by atoms with van der Waals surface area (Å²) in [5.74, 6) is -17.5. The number of alkyl halides is 18. The van der Waals surface area contributed by atoms with Gasteiger partial charge in [0.2, 0.25) is 0 Å². The molecule has 0 bridgehead atoms. The van der Waals surface area contributed by atoms with E-state index in [9.17, 15) is 39.5 Å². The van der Waals surface area contributed by atoms with Gasteiger partial charge in [-0.2, -0.15) is 65.9 Å². The fraction of sp³-hybridized carbons (Fsp3) is 0.188. The summed E-state index contributed by atoms with van der Waals surface area (Å²) in [6.45, 7) is 0. The van der Waals surface area contributed by atoms with E-state index in [4.69, 9.17) is 14.2 Å². The fourth-order valence-corrected chi connectivity index (χ4v) is 6.36. The van der Waals surface area contributed by atoms with Gasteiger partial charge in [0.25, 0.3) is 0 Å². The maximum Gasteiger partial charge on any atom is 0.450 e. The maximum absolute atomic E-state index is 16.8. The van der Waals surface area contributed by atoms with Crippen molar-refractivity contribution >= 4 is 0 Å². The minimum Gasteiger partial charge on any atom is -0.457 e. The Labute approximate surface area is 408 Å². The van der Waals surface area contributed by atoms with E-state index in [-0.39, 0.29) is 34.5 Å². The van der Waals surface area contributed by atoms with E-state index in [1.54, 1.807) is 0 Å². The molecule has 3 atom stereocenters. The van der Waals surface area contributed by atoms with Crippen molar-refractivity contribution in [2.24, 2.45) is 0 Å². The first-order valence-electron chi connectivity index (χ1n) is 20.6. The van der Waals surface area contributed by atoms with E-state index in [1.807, 2.05) is 15.0 Å². The van der Waals surface area contributed by atoms with Crippen molar-refractivity contribution in [3.63, 3.8) is 0 Å². The largest absolute Gasteiger partial charge is 0.457 e. The highest BCUT2D eigenvalue weighted by Gasteiger charge is 2.82. The van der Waals surface area contributed by atoms with Gasteiger partial charge in [0.15, 0.2) is 17.5 Å². The molecule has 75 heavy (non-hydrogen) atoms. The zero-order valence-electron chi connectivity index (χ0n) is 36.7. The summed E-state index contributed by atoms with van der Waals surface area (Å²) < 4.78 is 309. The average Bonchev–Trinajstić information content (AvgIpc) is 3.34. The van der Waals surface area contributed by atoms with Crippen LogP contribution in [0, 0.1) is 0 Å². The molecule has 0 amide bonds. The van der Waals surface area contributed by atoms with Crippen molar-refractivity contribution in [2.45, 2.75) is 53.9 Å². The van der Waals surface area contributed by atoms with E-state index >= 15 is 39.5 Å². The van der Waals surface area contributed by atoms with Crippen molar-refractivity contribution in [2.75, 3.05) is 0 Å². The second-order valence-corrected chi connectivity index (χ2v) is 15.3. The topological polar surface area (TPSA) is 94.1 Å².